The molecule has 1 saturated carbocycles. The average Bonchev–Trinajstić information content (AvgIpc) is 3.35. The summed E-state index contributed by atoms with van der Waals surface area (Å²) in [6, 6.07) is 15.1. The van der Waals surface area contributed by atoms with Crippen LogP contribution in [0.5, 0.6) is 0 Å². The van der Waals surface area contributed by atoms with Gasteiger partial charge in [0, 0.05) is 19.8 Å². The minimum Gasteiger partial charge on any atom is -0.344 e. The molecule has 28 heavy (non-hydrogen) atoms. The maximum atomic E-state index is 12.6. The van der Waals surface area contributed by atoms with E-state index in [1.165, 1.54) is 0 Å². The molecule has 1 spiro atoms. The van der Waals surface area contributed by atoms with Gasteiger partial charge in [0.2, 0.25) is 5.91 Å². The van der Waals surface area contributed by atoms with Gasteiger partial charge in [-0.2, -0.15) is 5.26 Å². The lowest BCUT2D eigenvalue weighted by atomic mass is 9.95. The molecule has 3 aliphatic rings. The van der Waals surface area contributed by atoms with E-state index in [1.807, 2.05) is 24.2 Å². The van der Waals surface area contributed by atoms with Crippen LogP contribution in [0.15, 0.2) is 42.6 Å². The van der Waals surface area contributed by atoms with E-state index in [0.29, 0.717) is 0 Å². The first kappa shape index (κ1) is 17.4. The first-order chi connectivity index (χ1) is 13.6. The summed E-state index contributed by atoms with van der Waals surface area (Å²) in [6.07, 6.45) is 6.46. The molecule has 2 saturated heterocycles. The molecule has 2 aromatic rings. The topological polar surface area (TPSA) is 69.0 Å². The lowest BCUT2D eigenvalue weighted by Crippen LogP contribution is -2.47. The molecule has 142 valence electrons. The van der Waals surface area contributed by atoms with Crippen LogP contribution in [-0.2, 0) is 10.2 Å². The maximum absolute atomic E-state index is 12.6. The minimum absolute atomic E-state index is 0.114. The zero-order chi connectivity index (χ0) is 19.4. The quantitative estimate of drug-likeness (QED) is 0.897. The number of nitrogens with zero attached hydrogens (tertiary/aromatic N) is 3. The first-order valence-corrected chi connectivity index (χ1v) is 10.1. The van der Waals surface area contributed by atoms with Gasteiger partial charge in [0.1, 0.15) is 5.54 Å². The second-order valence-corrected chi connectivity index (χ2v) is 8.54. The van der Waals surface area contributed by atoms with Crippen LogP contribution in [0.25, 0.3) is 11.1 Å². The van der Waals surface area contributed by atoms with Crippen LogP contribution in [-0.4, -0.2) is 34.9 Å². The number of pyridine rings is 1. The zero-order valence-corrected chi connectivity index (χ0v) is 16.1. The zero-order valence-electron chi connectivity index (χ0n) is 16.1. The number of likely N-dealkylation sites (tertiary alicyclic amines) is 1. The fraction of sp³-hybridized carbons (Fsp3) is 0.435. The second-order valence-electron chi connectivity index (χ2n) is 8.54. The fourth-order valence-electron chi connectivity index (χ4n) is 4.78. The van der Waals surface area contributed by atoms with E-state index in [2.05, 4.69) is 46.7 Å². The molecule has 5 rings (SSSR count). The standard InChI is InChI=1S/C23H24N4O/c1-27-13-11-23(21(27)28)8-6-19(26-23)20-14-17(7-12-25-20)16-2-4-18(5-3-16)22(15-24)9-10-22/h2-5,7,12,14,19,26H,6,8-11,13H2,1H3/t19-,23+/m1/s1. The number of aromatic nitrogens is 1. The van der Waals surface area contributed by atoms with E-state index in [9.17, 15) is 10.1 Å². The van der Waals surface area contributed by atoms with Gasteiger partial charge in [0.05, 0.1) is 23.2 Å². The van der Waals surface area contributed by atoms with Gasteiger partial charge in [-0.3, -0.25) is 15.1 Å². The number of nitriles is 1. The Morgan fingerprint density at radius 3 is 2.57 bits per heavy atom. The largest absolute Gasteiger partial charge is 0.344 e. The van der Waals surface area contributed by atoms with Crippen LogP contribution in [0.3, 0.4) is 0 Å². The van der Waals surface area contributed by atoms with Crippen LogP contribution in [0, 0.1) is 11.3 Å². The van der Waals surface area contributed by atoms with Crippen molar-refractivity contribution < 1.29 is 4.79 Å². The molecule has 1 aromatic carbocycles. The smallest absolute Gasteiger partial charge is 0.242 e. The van der Waals surface area contributed by atoms with E-state index < -0.39 is 5.54 Å². The first-order valence-electron chi connectivity index (χ1n) is 10.1. The van der Waals surface area contributed by atoms with Crippen molar-refractivity contribution in [2.45, 2.75) is 49.1 Å². The van der Waals surface area contributed by atoms with Crippen molar-refractivity contribution >= 4 is 5.91 Å². The van der Waals surface area contributed by atoms with Gasteiger partial charge in [0.25, 0.3) is 0 Å². The molecule has 0 unspecified atom stereocenters. The van der Waals surface area contributed by atoms with Gasteiger partial charge in [-0.15, -0.1) is 0 Å². The summed E-state index contributed by atoms with van der Waals surface area (Å²) in [4.78, 5) is 19.0. The number of rotatable bonds is 3. The third-order valence-corrected chi connectivity index (χ3v) is 6.81. The van der Waals surface area contributed by atoms with Gasteiger partial charge >= 0.3 is 0 Å². The van der Waals surface area contributed by atoms with Crippen molar-refractivity contribution in [3.05, 3.63) is 53.9 Å². The van der Waals surface area contributed by atoms with Crippen LogP contribution < -0.4 is 5.32 Å². The molecular formula is C23H24N4O. The molecule has 3 heterocycles. The fourth-order valence-corrected chi connectivity index (χ4v) is 4.78. The molecule has 1 aliphatic carbocycles. The number of nitrogens with one attached hydrogen (secondary N) is 1. The summed E-state index contributed by atoms with van der Waals surface area (Å²) < 4.78 is 0. The summed E-state index contributed by atoms with van der Waals surface area (Å²) in [6.45, 7) is 0.822. The van der Waals surface area contributed by atoms with Gasteiger partial charge < -0.3 is 4.90 Å². The highest BCUT2D eigenvalue weighted by Crippen LogP contribution is 2.47. The maximum Gasteiger partial charge on any atom is 0.242 e. The van der Waals surface area contributed by atoms with Crippen molar-refractivity contribution in [3.63, 3.8) is 0 Å². The SMILES string of the molecule is CN1CC[C@@]2(CC[C@H](c3cc(-c4ccc(C5(C#N)CC5)cc4)ccn3)N2)C1=O. The summed E-state index contributed by atoms with van der Waals surface area (Å²) in [5.74, 6) is 0.216. The van der Waals surface area contributed by atoms with Gasteiger partial charge in [-0.1, -0.05) is 24.3 Å². The third-order valence-electron chi connectivity index (χ3n) is 6.81. The van der Waals surface area contributed by atoms with Crippen molar-refractivity contribution in [2.24, 2.45) is 0 Å². The Morgan fingerprint density at radius 1 is 1.14 bits per heavy atom. The third kappa shape index (κ3) is 2.63. The van der Waals surface area contributed by atoms with E-state index in [1.54, 1.807) is 0 Å². The molecule has 5 heteroatoms. The van der Waals surface area contributed by atoms with Crippen LogP contribution >= 0.6 is 0 Å². The average molecular weight is 372 g/mol. The number of hydrogen-bond donors (Lipinski definition) is 1. The molecule has 1 aromatic heterocycles. The summed E-state index contributed by atoms with van der Waals surface area (Å²) in [5, 5.41) is 13.0. The highest BCUT2D eigenvalue weighted by Gasteiger charge is 2.50. The number of amides is 1. The highest BCUT2D eigenvalue weighted by molar-refractivity contribution is 5.88. The Bertz CT molecular complexity index is 973. The van der Waals surface area contributed by atoms with E-state index in [4.69, 9.17) is 0 Å². The molecule has 2 aliphatic heterocycles. The Kier molecular flexibility index (Phi) is 3.82. The lowest BCUT2D eigenvalue weighted by molar-refractivity contribution is -0.131. The molecular weight excluding hydrogens is 348 g/mol. The molecule has 0 radical (unpaired) electrons. The molecule has 3 fully saturated rings. The monoisotopic (exact) mass is 372 g/mol. The van der Waals surface area contributed by atoms with Crippen LogP contribution in [0.4, 0.5) is 0 Å². The summed E-state index contributed by atoms with van der Waals surface area (Å²) in [7, 11) is 1.88. The van der Waals surface area contributed by atoms with E-state index in [-0.39, 0.29) is 17.4 Å². The Balaban J connectivity index is 1.37. The number of carbonyl (C=O) groups is 1. The van der Waals surface area contributed by atoms with Crippen molar-refractivity contribution in [1.29, 1.82) is 5.26 Å². The number of hydrogen-bond acceptors (Lipinski definition) is 4. The number of likely N-dealkylation sites (N-methyl/N-ethyl adjacent to an activating group) is 1. The molecule has 0 bridgehead atoms. The Labute approximate surface area is 165 Å². The van der Waals surface area contributed by atoms with E-state index >= 15 is 0 Å². The van der Waals surface area contributed by atoms with Gasteiger partial charge in [0.15, 0.2) is 0 Å². The normalized spacial score (nSPS) is 27.9. The molecule has 2 atom stereocenters. The summed E-state index contributed by atoms with van der Waals surface area (Å²) in [5.41, 5.74) is 3.73. The molecule has 5 nitrogen and oxygen atoms in total. The van der Waals surface area contributed by atoms with Crippen LogP contribution in [0.2, 0.25) is 0 Å². The number of benzene rings is 1. The highest BCUT2D eigenvalue weighted by atomic mass is 16.2. The minimum atomic E-state index is -0.394. The van der Waals surface area contributed by atoms with Crippen LogP contribution in [0.1, 0.15) is 49.4 Å². The van der Waals surface area contributed by atoms with Crippen molar-refractivity contribution in [2.75, 3.05) is 13.6 Å². The van der Waals surface area contributed by atoms with Gasteiger partial charge in [-0.25, -0.2) is 0 Å². The lowest BCUT2D eigenvalue weighted by Gasteiger charge is -2.23. The van der Waals surface area contributed by atoms with Crippen molar-refractivity contribution in [1.82, 2.24) is 15.2 Å². The predicted octanol–water partition coefficient (Wildman–Crippen LogP) is 3.33. The Morgan fingerprint density at radius 2 is 1.93 bits per heavy atom. The molecule has 1 N–H and O–H groups in total. The molecule has 1 amide bonds. The van der Waals surface area contributed by atoms with E-state index in [0.717, 1.165) is 61.0 Å². The number of carbonyl (C=O) groups excluding carboxylic acids is 1. The second kappa shape index (κ2) is 6.15. The predicted molar refractivity (Wildman–Crippen MR) is 106 cm³/mol. The van der Waals surface area contributed by atoms with Gasteiger partial charge in [-0.05, 0) is 60.9 Å². The summed E-state index contributed by atoms with van der Waals surface area (Å²) >= 11 is 0. The van der Waals surface area contributed by atoms with Crippen molar-refractivity contribution in [3.8, 4) is 17.2 Å². The Hall–Kier alpha value is -2.71.